The Morgan fingerprint density at radius 2 is 1.08 bits per heavy atom. The largest absolute Gasteiger partial charge is 0.292 e. The van der Waals surface area contributed by atoms with E-state index in [1.54, 1.807) is 11.3 Å². The molecule has 3 nitrogen and oxygen atoms in total. The van der Waals surface area contributed by atoms with Crippen molar-refractivity contribution in [2.45, 2.75) is 19.6 Å². The van der Waals surface area contributed by atoms with Gasteiger partial charge in [0, 0.05) is 76.9 Å². The summed E-state index contributed by atoms with van der Waals surface area (Å²) >= 11 is 7.34. The zero-order valence-electron chi connectivity index (χ0n) is 26.8. The molecule has 0 saturated carbocycles. The summed E-state index contributed by atoms with van der Waals surface area (Å²) in [5, 5.41) is 8.82. The molecule has 51 heavy (non-hydrogen) atoms. The molecule has 4 aromatic heterocycles. The van der Waals surface area contributed by atoms with E-state index in [0.717, 1.165) is 38.3 Å². The van der Waals surface area contributed by atoms with Crippen LogP contribution in [0.2, 0.25) is 0 Å². The fourth-order valence-corrected chi connectivity index (χ4v) is 12.7. The SMILES string of the molecule is c1ccc2c(c1)Sc1cccc(-c3nc(-n4c5ccccc5c5c6c7ccccc7sc6c6ccccc6c54)c4sc5ccccc5c4n3)c1S2. The lowest BCUT2D eigenvalue weighted by molar-refractivity contribution is 1.07. The molecule has 7 heteroatoms. The molecule has 0 spiro atoms. The lowest BCUT2D eigenvalue weighted by Crippen LogP contribution is -2.03. The van der Waals surface area contributed by atoms with Gasteiger partial charge in [-0.2, -0.15) is 0 Å². The van der Waals surface area contributed by atoms with Gasteiger partial charge in [-0.05, 0) is 42.5 Å². The van der Waals surface area contributed by atoms with Crippen molar-refractivity contribution in [3.63, 3.8) is 0 Å². The molecule has 0 aliphatic carbocycles. The topological polar surface area (TPSA) is 30.7 Å². The second kappa shape index (κ2) is 10.7. The summed E-state index contributed by atoms with van der Waals surface area (Å²) in [5.74, 6) is 1.68. The molecule has 0 unspecified atom stereocenters. The second-order valence-electron chi connectivity index (χ2n) is 12.9. The summed E-state index contributed by atoms with van der Waals surface area (Å²) in [6.07, 6.45) is 0. The molecule has 7 aromatic carbocycles. The van der Waals surface area contributed by atoms with Crippen LogP contribution in [0.25, 0.3) is 90.3 Å². The molecule has 1 aliphatic heterocycles. The Hall–Kier alpha value is -5.18. The maximum Gasteiger partial charge on any atom is 0.163 e. The van der Waals surface area contributed by atoms with Crippen molar-refractivity contribution in [1.29, 1.82) is 0 Å². The van der Waals surface area contributed by atoms with Crippen LogP contribution in [0.4, 0.5) is 0 Å². The molecule has 0 fully saturated rings. The molecule has 11 aromatic rings. The van der Waals surface area contributed by atoms with Crippen molar-refractivity contribution >= 4 is 119 Å². The molecular weight excluding hydrogens is 699 g/mol. The zero-order valence-corrected chi connectivity index (χ0v) is 30.0. The van der Waals surface area contributed by atoms with Crippen LogP contribution >= 0.6 is 46.2 Å². The van der Waals surface area contributed by atoms with Gasteiger partial charge in [0.05, 0.1) is 21.3 Å². The summed E-state index contributed by atoms with van der Waals surface area (Å²) in [6.45, 7) is 0. The average Bonchev–Trinajstić information content (AvgIpc) is 3.87. The lowest BCUT2D eigenvalue weighted by Gasteiger charge is -2.20. The predicted molar refractivity (Wildman–Crippen MR) is 220 cm³/mol. The number of para-hydroxylation sites is 1. The molecule has 238 valence electrons. The van der Waals surface area contributed by atoms with E-state index in [2.05, 4.69) is 144 Å². The number of thiophene rings is 2. The smallest absolute Gasteiger partial charge is 0.163 e. The fraction of sp³-hybridized carbons (Fsp3) is 0. The Labute approximate surface area is 308 Å². The normalized spacial score (nSPS) is 12.9. The van der Waals surface area contributed by atoms with E-state index in [4.69, 9.17) is 9.97 Å². The van der Waals surface area contributed by atoms with Gasteiger partial charge >= 0.3 is 0 Å². The summed E-state index contributed by atoms with van der Waals surface area (Å²) in [6, 6.07) is 50.6. The van der Waals surface area contributed by atoms with Crippen LogP contribution in [0.1, 0.15) is 0 Å². The van der Waals surface area contributed by atoms with E-state index < -0.39 is 0 Å². The van der Waals surface area contributed by atoms with E-state index in [-0.39, 0.29) is 0 Å². The van der Waals surface area contributed by atoms with Crippen molar-refractivity contribution in [1.82, 2.24) is 14.5 Å². The maximum absolute atomic E-state index is 5.65. The van der Waals surface area contributed by atoms with E-state index >= 15 is 0 Å². The van der Waals surface area contributed by atoms with E-state index in [0.29, 0.717) is 0 Å². The number of benzene rings is 7. The number of nitrogens with zero attached hydrogens (tertiary/aromatic N) is 3. The summed E-state index contributed by atoms with van der Waals surface area (Å²) < 4.78 is 7.41. The number of hydrogen-bond donors (Lipinski definition) is 0. The van der Waals surface area contributed by atoms with E-state index in [1.807, 2.05) is 34.9 Å². The van der Waals surface area contributed by atoms with Crippen LogP contribution < -0.4 is 0 Å². The zero-order chi connectivity index (χ0) is 33.2. The molecule has 0 atom stereocenters. The number of rotatable bonds is 2. The van der Waals surface area contributed by atoms with Gasteiger partial charge in [0.1, 0.15) is 0 Å². The highest BCUT2D eigenvalue weighted by Gasteiger charge is 2.27. The van der Waals surface area contributed by atoms with Gasteiger partial charge in [-0.15, -0.1) is 22.7 Å². The first-order chi connectivity index (χ1) is 25.3. The van der Waals surface area contributed by atoms with Crippen LogP contribution in [-0.2, 0) is 0 Å². The molecule has 0 N–H and O–H groups in total. The minimum atomic E-state index is 0.752. The maximum atomic E-state index is 5.65. The average molecular weight is 722 g/mol. The van der Waals surface area contributed by atoms with E-state index in [1.165, 1.54) is 71.5 Å². The highest BCUT2D eigenvalue weighted by atomic mass is 32.2. The van der Waals surface area contributed by atoms with Gasteiger partial charge in [0.2, 0.25) is 0 Å². The third-order valence-corrected chi connectivity index (χ3v) is 15.0. The highest BCUT2D eigenvalue weighted by Crippen LogP contribution is 2.53. The minimum Gasteiger partial charge on any atom is -0.292 e. The minimum absolute atomic E-state index is 0.752. The van der Waals surface area contributed by atoms with Crippen molar-refractivity contribution in [2.75, 3.05) is 0 Å². The first kappa shape index (κ1) is 28.5. The Kier molecular flexibility index (Phi) is 5.96. The van der Waals surface area contributed by atoms with Gasteiger partial charge in [-0.1, -0.05) is 121 Å². The van der Waals surface area contributed by atoms with Gasteiger partial charge < -0.3 is 0 Å². The summed E-state index contributed by atoms with van der Waals surface area (Å²) in [7, 11) is 0. The standard InChI is InChI=1S/C44H23N3S4/c1-2-13-25-24(12-1)39-36(37-27-15-4-7-19-31(27)49-41(25)37)26-14-3-6-18-30(26)47(39)44-42-38(28-16-5-8-20-32(28)50-42)45-43(46-44)29-17-11-23-35-40(29)51-34-22-10-9-21-33(34)48-35/h1-23H. The van der Waals surface area contributed by atoms with Crippen molar-refractivity contribution in [3.8, 4) is 17.2 Å². The van der Waals surface area contributed by atoms with Crippen LogP contribution in [0.15, 0.2) is 159 Å². The van der Waals surface area contributed by atoms with Crippen LogP contribution in [-0.4, -0.2) is 14.5 Å². The Morgan fingerprint density at radius 3 is 1.92 bits per heavy atom. The van der Waals surface area contributed by atoms with Crippen LogP contribution in [0.5, 0.6) is 0 Å². The van der Waals surface area contributed by atoms with Gasteiger partial charge in [-0.3, -0.25) is 4.57 Å². The van der Waals surface area contributed by atoms with Crippen molar-refractivity contribution in [2.24, 2.45) is 0 Å². The first-order valence-corrected chi connectivity index (χ1v) is 20.1. The highest BCUT2D eigenvalue weighted by molar-refractivity contribution is 8.05. The summed E-state index contributed by atoms with van der Waals surface area (Å²) in [5.41, 5.74) is 4.41. The quantitative estimate of drug-likeness (QED) is 0.178. The molecule has 0 amide bonds. The second-order valence-corrected chi connectivity index (χ2v) is 17.1. The predicted octanol–water partition coefficient (Wildman–Crippen LogP) is 13.7. The monoisotopic (exact) mass is 721 g/mol. The van der Waals surface area contributed by atoms with Crippen LogP contribution in [0.3, 0.4) is 0 Å². The summed E-state index contributed by atoms with van der Waals surface area (Å²) in [4.78, 5) is 16.1. The number of fused-ring (bicyclic) bond motifs is 15. The Bertz CT molecular complexity index is 3280. The first-order valence-electron chi connectivity index (χ1n) is 16.8. The van der Waals surface area contributed by atoms with Gasteiger partial charge in [-0.25, -0.2) is 9.97 Å². The third kappa shape index (κ3) is 3.97. The van der Waals surface area contributed by atoms with Crippen molar-refractivity contribution in [3.05, 3.63) is 140 Å². The molecule has 0 saturated heterocycles. The number of aromatic nitrogens is 3. The van der Waals surface area contributed by atoms with E-state index in [9.17, 15) is 0 Å². The molecule has 1 aliphatic rings. The van der Waals surface area contributed by atoms with Gasteiger partial charge in [0.25, 0.3) is 0 Å². The van der Waals surface area contributed by atoms with Crippen LogP contribution in [0, 0.1) is 0 Å². The fourth-order valence-electron chi connectivity index (χ4n) is 7.91. The number of hydrogen-bond acceptors (Lipinski definition) is 6. The Morgan fingerprint density at radius 1 is 0.451 bits per heavy atom. The molecule has 0 bridgehead atoms. The molecule has 12 rings (SSSR count). The Balaban J connectivity index is 1.26. The molecule has 0 radical (unpaired) electrons. The lowest BCUT2D eigenvalue weighted by atomic mass is 10.00. The molecule has 5 heterocycles. The van der Waals surface area contributed by atoms with Gasteiger partial charge in [0.15, 0.2) is 11.6 Å². The third-order valence-electron chi connectivity index (χ3n) is 10.1. The van der Waals surface area contributed by atoms with Crippen molar-refractivity contribution < 1.29 is 0 Å². The molecular formula is C44H23N3S4.